The van der Waals surface area contributed by atoms with Gasteiger partial charge in [0.2, 0.25) is 5.91 Å². The number of benzene rings is 2. The van der Waals surface area contributed by atoms with Gasteiger partial charge >= 0.3 is 0 Å². The molecule has 5 rings (SSSR count). The molecule has 7 nitrogen and oxygen atoms in total. The third-order valence-corrected chi connectivity index (χ3v) is 5.84. The summed E-state index contributed by atoms with van der Waals surface area (Å²) in [6.07, 6.45) is 3.86. The summed E-state index contributed by atoms with van der Waals surface area (Å²) in [5.41, 5.74) is 3.43. The van der Waals surface area contributed by atoms with Crippen molar-refractivity contribution in [2.24, 2.45) is 0 Å². The molecule has 2 aromatic heterocycles. The molecule has 8 heteroatoms. The first kappa shape index (κ1) is 19.2. The van der Waals surface area contributed by atoms with Crippen molar-refractivity contribution in [3.63, 3.8) is 0 Å². The van der Waals surface area contributed by atoms with Crippen molar-refractivity contribution in [3.8, 4) is 5.75 Å². The first-order valence-corrected chi connectivity index (χ1v) is 10.7. The van der Waals surface area contributed by atoms with Gasteiger partial charge in [0.25, 0.3) is 5.91 Å². The molecule has 31 heavy (non-hydrogen) atoms. The Bertz CT molecular complexity index is 1270. The van der Waals surface area contributed by atoms with Crippen LogP contribution in [0.15, 0.2) is 78.0 Å². The fourth-order valence-electron chi connectivity index (χ4n) is 3.31. The number of carbonyl (C=O) groups is 2. The smallest absolute Gasteiger partial charge is 0.255 e. The van der Waals surface area contributed by atoms with E-state index in [1.54, 1.807) is 24.3 Å². The van der Waals surface area contributed by atoms with E-state index in [9.17, 15) is 9.59 Å². The van der Waals surface area contributed by atoms with E-state index in [2.05, 4.69) is 15.6 Å². The molecular formula is C23H18N4O3S. The molecule has 0 saturated carbocycles. The van der Waals surface area contributed by atoms with Crippen LogP contribution in [-0.2, 0) is 11.4 Å². The molecule has 2 aromatic carbocycles. The summed E-state index contributed by atoms with van der Waals surface area (Å²) in [4.78, 5) is 29.8. The lowest BCUT2D eigenvalue weighted by Gasteiger charge is -2.17. The summed E-state index contributed by atoms with van der Waals surface area (Å²) in [5, 5.41) is 5.68. The molecule has 0 saturated heterocycles. The average molecular weight is 430 g/mol. The standard InChI is InChI=1S/C23H18N4O3S/c28-22-14-31-20-8-7-15(10-19(20)26-22)23(29)25-16-4-3-5-18(11-16)30-13-17-12-27-9-2-1-6-21(27)24-17/h1-12H,13-14H2,(H,25,29)(H,26,28). The van der Waals surface area contributed by atoms with E-state index in [0.29, 0.717) is 35.0 Å². The quantitative estimate of drug-likeness (QED) is 0.496. The number of thioether (sulfide) groups is 1. The van der Waals surface area contributed by atoms with E-state index < -0.39 is 0 Å². The third-order valence-electron chi connectivity index (χ3n) is 4.77. The summed E-state index contributed by atoms with van der Waals surface area (Å²) in [6.45, 7) is 0.321. The first-order chi connectivity index (χ1) is 15.1. The highest BCUT2D eigenvalue weighted by atomic mass is 32.2. The summed E-state index contributed by atoms with van der Waals surface area (Å²) in [7, 11) is 0. The molecule has 0 atom stereocenters. The molecule has 4 aromatic rings. The highest BCUT2D eigenvalue weighted by molar-refractivity contribution is 8.00. The summed E-state index contributed by atoms with van der Waals surface area (Å²) in [5.74, 6) is 0.694. The van der Waals surface area contributed by atoms with E-state index >= 15 is 0 Å². The molecule has 0 spiro atoms. The van der Waals surface area contributed by atoms with Gasteiger partial charge in [0, 0.05) is 34.6 Å². The zero-order valence-electron chi connectivity index (χ0n) is 16.4. The second kappa shape index (κ2) is 8.16. The number of ether oxygens (including phenoxy) is 1. The SMILES string of the molecule is O=C1CSc2ccc(C(=O)Nc3cccc(OCc4cn5ccccc5n4)c3)cc2N1. The lowest BCUT2D eigenvalue weighted by molar-refractivity contribution is -0.113. The minimum Gasteiger partial charge on any atom is -0.487 e. The highest BCUT2D eigenvalue weighted by Crippen LogP contribution is 2.32. The van der Waals surface area contributed by atoms with Crippen molar-refractivity contribution in [2.75, 3.05) is 16.4 Å². The molecule has 0 unspecified atom stereocenters. The summed E-state index contributed by atoms with van der Waals surface area (Å²) < 4.78 is 7.80. The van der Waals surface area contributed by atoms with Crippen LogP contribution < -0.4 is 15.4 Å². The normalized spacial score (nSPS) is 12.8. The van der Waals surface area contributed by atoms with Crippen LogP contribution in [0.5, 0.6) is 5.75 Å². The van der Waals surface area contributed by atoms with Gasteiger partial charge in [-0.1, -0.05) is 12.1 Å². The monoisotopic (exact) mass is 430 g/mol. The van der Waals surface area contributed by atoms with Gasteiger partial charge in [0.05, 0.1) is 17.1 Å². The van der Waals surface area contributed by atoms with E-state index in [1.807, 2.05) is 53.2 Å². The van der Waals surface area contributed by atoms with E-state index in [1.165, 1.54) is 11.8 Å². The molecule has 0 aliphatic carbocycles. The Kier molecular flexibility index (Phi) is 5.05. The lowest BCUT2D eigenvalue weighted by atomic mass is 10.1. The zero-order valence-corrected chi connectivity index (χ0v) is 17.2. The predicted molar refractivity (Wildman–Crippen MR) is 120 cm³/mol. The zero-order chi connectivity index (χ0) is 21.2. The van der Waals surface area contributed by atoms with Gasteiger partial charge in [0.1, 0.15) is 18.0 Å². The number of hydrogen-bond acceptors (Lipinski definition) is 5. The number of amides is 2. The van der Waals surface area contributed by atoms with Crippen LogP contribution in [0.1, 0.15) is 16.1 Å². The van der Waals surface area contributed by atoms with Gasteiger partial charge in [-0.05, 0) is 42.5 Å². The Morgan fingerprint density at radius 3 is 3.00 bits per heavy atom. The largest absolute Gasteiger partial charge is 0.487 e. The number of rotatable bonds is 5. The maximum atomic E-state index is 12.7. The van der Waals surface area contributed by atoms with E-state index in [0.717, 1.165) is 16.2 Å². The molecule has 0 bridgehead atoms. The Morgan fingerprint density at radius 2 is 2.10 bits per heavy atom. The van der Waals surface area contributed by atoms with Crippen LogP contribution in [0.3, 0.4) is 0 Å². The van der Waals surface area contributed by atoms with Crippen LogP contribution in [0.25, 0.3) is 5.65 Å². The molecule has 2 N–H and O–H groups in total. The number of nitrogens with zero attached hydrogens (tertiary/aromatic N) is 2. The van der Waals surface area contributed by atoms with E-state index in [-0.39, 0.29) is 11.8 Å². The van der Waals surface area contributed by atoms with Crippen molar-refractivity contribution < 1.29 is 14.3 Å². The van der Waals surface area contributed by atoms with Crippen LogP contribution >= 0.6 is 11.8 Å². The Hall–Kier alpha value is -3.78. The van der Waals surface area contributed by atoms with Crippen molar-refractivity contribution in [2.45, 2.75) is 11.5 Å². The second-order valence-electron chi connectivity index (χ2n) is 7.02. The number of carbonyl (C=O) groups excluding carboxylic acids is 2. The van der Waals surface area contributed by atoms with Gasteiger partial charge in [-0.2, -0.15) is 0 Å². The lowest BCUT2D eigenvalue weighted by Crippen LogP contribution is -2.19. The number of pyridine rings is 1. The first-order valence-electron chi connectivity index (χ1n) is 9.67. The fourth-order valence-corrected chi connectivity index (χ4v) is 4.09. The third kappa shape index (κ3) is 4.24. The Morgan fingerprint density at radius 1 is 1.16 bits per heavy atom. The maximum Gasteiger partial charge on any atom is 0.255 e. The number of nitrogens with one attached hydrogen (secondary N) is 2. The van der Waals surface area contributed by atoms with Crippen LogP contribution in [0.2, 0.25) is 0 Å². The molecule has 0 fully saturated rings. The van der Waals surface area contributed by atoms with Crippen molar-refractivity contribution in [1.29, 1.82) is 0 Å². The number of hydrogen-bond donors (Lipinski definition) is 2. The van der Waals surface area contributed by atoms with Gasteiger partial charge in [-0.25, -0.2) is 4.98 Å². The minimum absolute atomic E-state index is 0.0643. The van der Waals surface area contributed by atoms with Gasteiger partial charge < -0.3 is 19.8 Å². The summed E-state index contributed by atoms with van der Waals surface area (Å²) >= 11 is 1.46. The highest BCUT2D eigenvalue weighted by Gasteiger charge is 2.17. The topological polar surface area (TPSA) is 84.7 Å². The van der Waals surface area contributed by atoms with Crippen LogP contribution in [0.4, 0.5) is 11.4 Å². The van der Waals surface area contributed by atoms with Crippen molar-refractivity contribution in [1.82, 2.24) is 9.38 Å². The molecule has 1 aliphatic rings. The molecule has 1 aliphatic heterocycles. The molecule has 3 heterocycles. The fraction of sp³-hybridized carbons (Fsp3) is 0.0870. The van der Waals surface area contributed by atoms with Gasteiger partial charge in [-0.15, -0.1) is 11.8 Å². The maximum absolute atomic E-state index is 12.7. The minimum atomic E-state index is -0.259. The molecular weight excluding hydrogens is 412 g/mol. The van der Waals surface area contributed by atoms with E-state index in [4.69, 9.17) is 4.74 Å². The van der Waals surface area contributed by atoms with Crippen LogP contribution in [-0.4, -0.2) is 27.0 Å². The number of imidazole rings is 1. The molecule has 0 radical (unpaired) electrons. The predicted octanol–water partition coefficient (Wildman–Crippen LogP) is 4.21. The average Bonchev–Trinajstić information content (AvgIpc) is 3.20. The van der Waals surface area contributed by atoms with Gasteiger partial charge in [0.15, 0.2) is 0 Å². The molecule has 2 amide bonds. The number of fused-ring (bicyclic) bond motifs is 2. The van der Waals surface area contributed by atoms with Crippen molar-refractivity contribution in [3.05, 3.63) is 84.3 Å². The Balaban J connectivity index is 1.26. The Labute approximate surface area is 182 Å². The van der Waals surface area contributed by atoms with Crippen molar-refractivity contribution >= 4 is 40.6 Å². The summed E-state index contributed by atoms with van der Waals surface area (Å²) in [6, 6.07) is 18.3. The van der Waals surface area contributed by atoms with Gasteiger partial charge in [-0.3, -0.25) is 9.59 Å². The number of aromatic nitrogens is 2. The second-order valence-corrected chi connectivity index (χ2v) is 8.03. The number of anilines is 2. The van der Waals surface area contributed by atoms with Crippen LogP contribution in [0, 0.1) is 0 Å². The molecule has 154 valence electrons.